The van der Waals surface area contributed by atoms with Gasteiger partial charge in [0.25, 0.3) is 0 Å². The number of likely N-dealkylation sites (tertiary alicyclic amines) is 1. The van der Waals surface area contributed by atoms with Crippen LogP contribution in [0.5, 0.6) is 0 Å². The average molecular weight is 331 g/mol. The SMILES string of the molecule is Cc1ncsc1-c1ccc(CNC(=O)C2CC(O)CN2C)cc1. The number of carbonyl (C=O) groups excluding carboxylic acids is 1. The zero-order chi connectivity index (χ0) is 16.4. The number of β-amino-alcohol motifs (C(OH)–C–C–N with tert-alkyl or cyclic N) is 1. The van der Waals surface area contributed by atoms with Gasteiger partial charge in [-0.15, -0.1) is 11.3 Å². The molecule has 1 aromatic carbocycles. The van der Waals surface area contributed by atoms with Gasteiger partial charge in [0.2, 0.25) is 5.91 Å². The Labute approximate surface area is 140 Å². The van der Waals surface area contributed by atoms with Crippen molar-refractivity contribution in [1.29, 1.82) is 0 Å². The van der Waals surface area contributed by atoms with Crippen molar-refractivity contribution in [2.75, 3.05) is 13.6 Å². The molecular formula is C17H21N3O2S. The third-order valence-electron chi connectivity index (χ3n) is 4.26. The summed E-state index contributed by atoms with van der Waals surface area (Å²) in [6.45, 7) is 3.06. The highest BCUT2D eigenvalue weighted by Gasteiger charge is 2.33. The van der Waals surface area contributed by atoms with E-state index >= 15 is 0 Å². The number of carbonyl (C=O) groups is 1. The summed E-state index contributed by atoms with van der Waals surface area (Å²) in [5, 5.41) is 12.6. The van der Waals surface area contributed by atoms with Crippen molar-refractivity contribution in [2.45, 2.75) is 32.0 Å². The molecule has 1 aliphatic heterocycles. The Morgan fingerprint density at radius 1 is 1.43 bits per heavy atom. The number of nitrogens with zero attached hydrogens (tertiary/aromatic N) is 2. The molecule has 5 nitrogen and oxygen atoms in total. The van der Waals surface area contributed by atoms with Crippen molar-refractivity contribution in [3.8, 4) is 10.4 Å². The molecule has 2 unspecified atom stereocenters. The predicted octanol–water partition coefficient (Wildman–Crippen LogP) is 1.80. The fourth-order valence-electron chi connectivity index (χ4n) is 2.94. The fourth-order valence-corrected chi connectivity index (χ4v) is 3.75. The Morgan fingerprint density at radius 3 is 2.74 bits per heavy atom. The van der Waals surface area contributed by atoms with Gasteiger partial charge in [0, 0.05) is 13.1 Å². The topological polar surface area (TPSA) is 65.5 Å². The van der Waals surface area contributed by atoms with Gasteiger partial charge in [0.05, 0.1) is 28.2 Å². The molecule has 1 aliphatic rings. The van der Waals surface area contributed by atoms with Crippen LogP contribution in [-0.4, -0.2) is 46.6 Å². The first-order valence-corrected chi connectivity index (χ1v) is 8.58. The molecular weight excluding hydrogens is 310 g/mol. The standard InChI is InChI=1S/C17H21N3O2S/c1-11-16(23-10-19-11)13-5-3-12(4-6-13)8-18-17(22)15-7-14(21)9-20(15)2/h3-6,10,14-15,21H,7-9H2,1-2H3,(H,18,22). The molecule has 3 rings (SSSR count). The number of likely N-dealkylation sites (N-methyl/N-ethyl adjacent to an activating group) is 1. The molecule has 0 aliphatic carbocycles. The van der Waals surface area contributed by atoms with Crippen LogP contribution < -0.4 is 5.32 Å². The number of aromatic nitrogens is 1. The van der Waals surface area contributed by atoms with Crippen LogP contribution in [0, 0.1) is 6.92 Å². The van der Waals surface area contributed by atoms with Crippen LogP contribution in [0.3, 0.4) is 0 Å². The number of hydrogen-bond donors (Lipinski definition) is 2. The van der Waals surface area contributed by atoms with E-state index in [2.05, 4.69) is 22.4 Å². The maximum Gasteiger partial charge on any atom is 0.237 e. The minimum absolute atomic E-state index is 0.0218. The minimum Gasteiger partial charge on any atom is -0.392 e. The van der Waals surface area contributed by atoms with Crippen LogP contribution in [0.15, 0.2) is 29.8 Å². The van der Waals surface area contributed by atoms with E-state index in [1.54, 1.807) is 11.3 Å². The first kappa shape index (κ1) is 16.1. The monoisotopic (exact) mass is 331 g/mol. The van der Waals surface area contributed by atoms with E-state index in [0.29, 0.717) is 19.5 Å². The van der Waals surface area contributed by atoms with Crippen LogP contribution in [-0.2, 0) is 11.3 Å². The summed E-state index contributed by atoms with van der Waals surface area (Å²) in [6, 6.07) is 7.95. The minimum atomic E-state index is -0.405. The highest BCUT2D eigenvalue weighted by molar-refractivity contribution is 7.13. The third kappa shape index (κ3) is 3.60. The fraction of sp³-hybridized carbons (Fsp3) is 0.412. The normalized spacial score (nSPS) is 21.5. The van der Waals surface area contributed by atoms with Crippen molar-refractivity contribution < 1.29 is 9.90 Å². The second-order valence-electron chi connectivity index (χ2n) is 6.03. The largest absolute Gasteiger partial charge is 0.392 e. The van der Waals surface area contributed by atoms with Gasteiger partial charge < -0.3 is 10.4 Å². The van der Waals surface area contributed by atoms with Crippen molar-refractivity contribution >= 4 is 17.2 Å². The van der Waals surface area contributed by atoms with E-state index in [0.717, 1.165) is 16.8 Å². The van der Waals surface area contributed by atoms with Gasteiger partial charge in [-0.25, -0.2) is 4.98 Å². The number of aliphatic hydroxyl groups is 1. The van der Waals surface area contributed by atoms with Gasteiger partial charge >= 0.3 is 0 Å². The molecule has 1 fully saturated rings. The van der Waals surface area contributed by atoms with Gasteiger partial charge in [-0.05, 0) is 31.5 Å². The number of benzene rings is 1. The lowest BCUT2D eigenvalue weighted by molar-refractivity contribution is -0.125. The summed E-state index contributed by atoms with van der Waals surface area (Å²) >= 11 is 1.63. The molecule has 0 spiro atoms. The summed E-state index contributed by atoms with van der Waals surface area (Å²) in [5.41, 5.74) is 5.11. The predicted molar refractivity (Wildman–Crippen MR) is 91.2 cm³/mol. The molecule has 1 saturated heterocycles. The smallest absolute Gasteiger partial charge is 0.237 e. The van der Waals surface area contributed by atoms with E-state index in [4.69, 9.17) is 0 Å². The van der Waals surface area contributed by atoms with Crippen molar-refractivity contribution in [1.82, 2.24) is 15.2 Å². The maximum atomic E-state index is 12.2. The quantitative estimate of drug-likeness (QED) is 0.897. The number of thiazole rings is 1. The average Bonchev–Trinajstić information content (AvgIpc) is 3.10. The van der Waals surface area contributed by atoms with Crippen LogP contribution in [0.25, 0.3) is 10.4 Å². The van der Waals surface area contributed by atoms with E-state index in [1.165, 1.54) is 4.88 Å². The first-order valence-electron chi connectivity index (χ1n) is 7.70. The zero-order valence-electron chi connectivity index (χ0n) is 13.3. The Balaban J connectivity index is 1.59. The van der Waals surface area contributed by atoms with Crippen LogP contribution in [0.1, 0.15) is 17.7 Å². The molecule has 122 valence electrons. The van der Waals surface area contributed by atoms with Gasteiger partial charge in [-0.2, -0.15) is 0 Å². The lowest BCUT2D eigenvalue weighted by atomic mass is 10.1. The van der Waals surface area contributed by atoms with E-state index in [1.807, 2.05) is 36.5 Å². The summed E-state index contributed by atoms with van der Waals surface area (Å²) in [4.78, 5) is 19.6. The molecule has 1 amide bonds. The molecule has 2 aromatic rings. The molecule has 23 heavy (non-hydrogen) atoms. The molecule has 6 heteroatoms. The zero-order valence-corrected chi connectivity index (χ0v) is 14.1. The number of aliphatic hydroxyl groups excluding tert-OH is 1. The molecule has 1 aromatic heterocycles. The van der Waals surface area contributed by atoms with Crippen molar-refractivity contribution in [3.05, 3.63) is 41.0 Å². The molecule has 2 atom stereocenters. The van der Waals surface area contributed by atoms with Crippen molar-refractivity contribution in [2.24, 2.45) is 0 Å². The van der Waals surface area contributed by atoms with Crippen molar-refractivity contribution in [3.63, 3.8) is 0 Å². The number of aryl methyl sites for hydroxylation is 1. The molecule has 0 radical (unpaired) electrons. The van der Waals surface area contributed by atoms with Crippen LogP contribution >= 0.6 is 11.3 Å². The van der Waals surface area contributed by atoms with E-state index in [9.17, 15) is 9.90 Å². The number of nitrogens with one attached hydrogen (secondary N) is 1. The second kappa shape index (κ2) is 6.78. The second-order valence-corrected chi connectivity index (χ2v) is 6.88. The van der Waals surface area contributed by atoms with Gasteiger partial charge in [0.15, 0.2) is 0 Å². The summed E-state index contributed by atoms with van der Waals surface area (Å²) in [5.74, 6) is -0.0218. The van der Waals surface area contributed by atoms with Gasteiger partial charge in [-0.3, -0.25) is 9.69 Å². The summed E-state index contributed by atoms with van der Waals surface area (Å²) in [7, 11) is 1.87. The maximum absolute atomic E-state index is 12.2. The highest BCUT2D eigenvalue weighted by Crippen LogP contribution is 2.27. The van der Waals surface area contributed by atoms with Crippen LogP contribution in [0.4, 0.5) is 0 Å². The molecule has 0 bridgehead atoms. The molecule has 2 N–H and O–H groups in total. The number of hydrogen-bond acceptors (Lipinski definition) is 5. The lowest BCUT2D eigenvalue weighted by Gasteiger charge is -2.18. The summed E-state index contributed by atoms with van der Waals surface area (Å²) in [6.07, 6.45) is 0.101. The highest BCUT2D eigenvalue weighted by atomic mass is 32.1. The van der Waals surface area contributed by atoms with Crippen LogP contribution in [0.2, 0.25) is 0 Å². The molecule has 0 saturated carbocycles. The third-order valence-corrected chi connectivity index (χ3v) is 5.23. The van der Waals surface area contributed by atoms with E-state index in [-0.39, 0.29) is 11.9 Å². The molecule has 2 heterocycles. The van der Waals surface area contributed by atoms with E-state index < -0.39 is 6.10 Å². The Hall–Kier alpha value is -1.76. The first-order chi connectivity index (χ1) is 11.0. The Morgan fingerprint density at radius 2 is 2.17 bits per heavy atom. The Kier molecular flexibility index (Phi) is 4.75. The Bertz CT molecular complexity index is 683. The summed E-state index contributed by atoms with van der Waals surface area (Å²) < 4.78 is 0. The van der Waals surface area contributed by atoms with Gasteiger partial charge in [0.1, 0.15) is 0 Å². The van der Waals surface area contributed by atoms with Gasteiger partial charge in [-0.1, -0.05) is 24.3 Å². The number of amides is 1. The lowest BCUT2D eigenvalue weighted by Crippen LogP contribution is -2.41. The number of rotatable bonds is 4.